The topological polar surface area (TPSA) is 174 Å². The Morgan fingerprint density at radius 1 is 0.902 bits per heavy atom. The maximum Gasteiger partial charge on any atom is 0.315 e. The minimum Gasteiger partial charge on any atom is -0.346 e. The summed E-state index contributed by atoms with van der Waals surface area (Å²) in [5.74, 6) is -2.86. The number of rotatable bonds is 13. The highest BCUT2D eigenvalue weighted by atomic mass is 16.2. The summed E-state index contributed by atoms with van der Waals surface area (Å²) < 4.78 is 0. The van der Waals surface area contributed by atoms with Gasteiger partial charge in [0.25, 0.3) is 5.91 Å². The molecule has 4 N–H and O–H groups in total. The Morgan fingerprint density at radius 3 is 2.00 bits per heavy atom. The zero-order valence-corrected chi connectivity index (χ0v) is 32.2. The molecule has 6 atom stereocenters. The SMILES string of the molecule is C=CCNC(=O)C(=O)[C@H](CC1CC1)NC(=O)[C@H]1[C@H]2[C@@H](CN1C(=O)[C@@H](NC(=O)N[C@H](CN1C(=O)CC(C)(C)CC1=O)C(C)(C)C)C(C)(C)C)C2(C)C. The highest BCUT2D eigenvalue weighted by molar-refractivity contribution is 6.38. The zero-order chi connectivity index (χ0) is 38.4. The van der Waals surface area contributed by atoms with Crippen molar-refractivity contribution in [3.63, 3.8) is 0 Å². The third-order valence-corrected chi connectivity index (χ3v) is 11.3. The first-order valence-corrected chi connectivity index (χ1v) is 18.3. The first-order valence-electron chi connectivity index (χ1n) is 18.3. The molecule has 51 heavy (non-hydrogen) atoms. The van der Waals surface area contributed by atoms with Crippen molar-refractivity contribution in [1.29, 1.82) is 0 Å². The number of piperidine rings is 2. The van der Waals surface area contributed by atoms with Crippen LogP contribution >= 0.6 is 0 Å². The molecule has 0 aromatic carbocycles. The molecule has 13 nitrogen and oxygen atoms in total. The molecule has 284 valence electrons. The number of amides is 7. The fraction of sp³-hybridized carbons (Fsp3) is 0.763. The van der Waals surface area contributed by atoms with E-state index in [1.165, 1.54) is 15.9 Å². The van der Waals surface area contributed by atoms with Gasteiger partial charge in [-0.3, -0.25) is 33.7 Å². The molecule has 4 aliphatic rings. The van der Waals surface area contributed by atoms with E-state index in [-0.39, 0.29) is 60.9 Å². The summed E-state index contributed by atoms with van der Waals surface area (Å²) in [6.45, 7) is 23.0. The van der Waals surface area contributed by atoms with Gasteiger partial charge in [-0.2, -0.15) is 0 Å². The number of nitrogens with zero attached hydrogens (tertiary/aromatic N) is 2. The van der Waals surface area contributed by atoms with Crippen LogP contribution in [0.3, 0.4) is 0 Å². The van der Waals surface area contributed by atoms with Gasteiger partial charge < -0.3 is 26.2 Å². The molecular weight excluding hydrogens is 652 g/mol. The summed E-state index contributed by atoms with van der Waals surface area (Å²) in [5, 5.41) is 11.2. The fourth-order valence-electron chi connectivity index (χ4n) is 7.68. The van der Waals surface area contributed by atoms with Crippen molar-refractivity contribution in [2.75, 3.05) is 19.6 Å². The highest BCUT2D eigenvalue weighted by Gasteiger charge is 2.70. The summed E-state index contributed by atoms with van der Waals surface area (Å²) >= 11 is 0. The van der Waals surface area contributed by atoms with E-state index < -0.39 is 69.9 Å². The van der Waals surface area contributed by atoms with Gasteiger partial charge >= 0.3 is 6.03 Å². The van der Waals surface area contributed by atoms with E-state index in [2.05, 4.69) is 41.7 Å². The van der Waals surface area contributed by atoms with Crippen LogP contribution < -0.4 is 21.3 Å². The smallest absolute Gasteiger partial charge is 0.315 e. The van der Waals surface area contributed by atoms with Gasteiger partial charge in [0.1, 0.15) is 12.1 Å². The van der Waals surface area contributed by atoms with Crippen molar-refractivity contribution in [2.24, 2.45) is 39.4 Å². The highest BCUT2D eigenvalue weighted by Crippen LogP contribution is 2.65. The number of carbonyl (C=O) groups excluding carboxylic acids is 7. The first-order chi connectivity index (χ1) is 23.4. The second-order valence-electron chi connectivity index (χ2n) is 18.7. The van der Waals surface area contributed by atoms with Crippen molar-refractivity contribution >= 4 is 41.4 Å². The van der Waals surface area contributed by atoms with Gasteiger partial charge in [-0.1, -0.05) is 88.2 Å². The summed E-state index contributed by atoms with van der Waals surface area (Å²) in [4.78, 5) is 96.7. The van der Waals surface area contributed by atoms with Crippen molar-refractivity contribution < 1.29 is 33.6 Å². The Balaban J connectivity index is 1.52. The quantitative estimate of drug-likeness (QED) is 0.129. The van der Waals surface area contributed by atoms with E-state index in [9.17, 15) is 33.6 Å². The standard InChI is InChI=1S/C38H60N6O7/c1-12-15-39-32(49)29(47)23(16-21-13-14-21)40-31(48)28-27-22(38(27,10)11)19-44(28)33(50)30(36(5,6)7)42-34(51)41-24(35(2,3)4)20-43-25(45)17-37(8,9)18-26(43)46/h12,21-24,27-28,30H,1,13-20H2,2-11H3,(H,39,49)(H,40,48)(H2,41,42,51)/t22-,23+,24-,27-,28-,30-/m1/s1. The van der Waals surface area contributed by atoms with E-state index in [0.717, 1.165) is 12.8 Å². The van der Waals surface area contributed by atoms with Crippen LogP contribution in [0.4, 0.5) is 4.79 Å². The number of Topliss-reactive ketones (excluding diaryl/α,β-unsaturated/α-hetero) is 1. The van der Waals surface area contributed by atoms with E-state index in [1.807, 2.05) is 55.4 Å². The van der Waals surface area contributed by atoms with Crippen molar-refractivity contribution in [2.45, 2.75) is 126 Å². The van der Waals surface area contributed by atoms with Crippen LogP contribution in [0.15, 0.2) is 12.7 Å². The largest absolute Gasteiger partial charge is 0.346 e. The second-order valence-corrected chi connectivity index (χ2v) is 18.7. The number of nitrogens with one attached hydrogen (secondary N) is 4. The number of hydrogen-bond acceptors (Lipinski definition) is 7. The first kappa shape index (κ1) is 40.0. The second kappa shape index (κ2) is 14.3. The molecule has 2 saturated heterocycles. The lowest BCUT2D eigenvalue weighted by Gasteiger charge is -2.40. The number of hydrogen-bond donors (Lipinski definition) is 4. The van der Waals surface area contributed by atoms with Gasteiger partial charge in [-0.15, -0.1) is 6.58 Å². The summed E-state index contributed by atoms with van der Waals surface area (Å²) in [5.41, 5.74) is -1.96. The number of ketones is 1. The Labute approximate surface area is 302 Å². The normalized spacial score (nSPS) is 25.6. The predicted molar refractivity (Wildman–Crippen MR) is 192 cm³/mol. The molecule has 0 unspecified atom stereocenters. The van der Waals surface area contributed by atoms with Crippen LogP contribution in [-0.2, 0) is 28.8 Å². The molecular formula is C38H60N6O7. The predicted octanol–water partition coefficient (Wildman–Crippen LogP) is 2.93. The minimum absolute atomic E-state index is 0.00202. The molecule has 2 heterocycles. The third kappa shape index (κ3) is 9.18. The van der Waals surface area contributed by atoms with Gasteiger partial charge in [0.05, 0.1) is 12.1 Å². The number of imide groups is 1. The molecule has 4 fully saturated rings. The van der Waals surface area contributed by atoms with E-state index in [1.54, 1.807) is 0 Å². The monoisotopic (exact) mass is 712 g/mol. The molecule has 0 radical (unpaired) electrons. The average molecular weight is 713 g/mol. The lowest BCUT2D eigenvalue weighted by molar-refractivity contribution is -0.153. The molecule has 0 spiro atoms. The molecule has 2 aliphatic carbocycles. The van der Waals surface area contributed by atoms with Crippen molar-refractivity contribution in [3.8, 4) is 0 Å². The Bertz CT molecular complexity index is 1430. The van der Waals surface area contributed by atoms with Crippen LogP contribution in [0, 0.1) is 39.4 Å². The molecule has 2 aliphatic heterocycles. The maximum absolute atomic E-state index is 14.5. The molecule has 2 saturated carbocycles. The van der Waals surface area contributed by atoms with Crippen LogP contribution in [0.25, 0.3) is 0 Å². The van der Waals surface area contributed by atoms with Crippen molar-refractivity contribution in [3.05, 3.63) is 12.7 Å². The van der Waals surface area contributed by atoms with Gasteiger partial charge in [-0.05, 0) is 45.8 Å². The van der Waals surface area contributed by atoms with E-state index in [0.29, 0.717) is 13.0 Å². The Hall–Kier alpha value is -3.77. The van der Waals surface area contributed by atoms with Crippen LogP contribution in [0.5, 0.6) is 0 Å². The Morgan fingerprint density at radius 2 is 1.49 bits per heavy atom. The molecule has 7 amide bonds. The van der Waals surface area contributed by atoms with Crippen LogP contribution in [-0.4, -0.2) is 95.0 Å². The van der Waals surface area contributed by atoms with Crippen LogP contribution in [0.2, 0.25) is 0 Å². The lowest BCUT2D eigenvalue weighted by atomic mass is 9.80. The average Bonchev–Trinajstić information content (AvgIpc) is 3.84. The summed E-state index contributed by atoms with van der Waals surface area (Å²) in [6.07, 6.45) is 4.10. The number of carbonyl (C=O) groups is 7. The summed E-state index contributed by atoms with van der Waals surface area (Å²) in [7, 11) is 0. The Kier molecular flexibility index (Phi) is 11.2. The van der Waals surface area contributed by atoms with Gasteiger partial charge in [0.15, 0.2) is 0 Å². The summed E-state index contributed by atoms with van der Waals surface area (Å²) in [6, 6.07) is -4.20. The molecule has 13 heteroatoms. The lowest BCUT2D eigenvalue weighted by Crippen LogP contribution is -2.63. The van der Waals surface area contributed by atoms with E-state index >= 15 is 0 Å². The number of likely N-dealkylation sites (tertiary alicyclic amines) is 2. The minimum atomic E-state index is -1.04. The van der Waals surface area contributed by atoms with Gasteiger partial charge in [0, 0.05) is 32.5 Å². The third-order valence-electron chi connectivity index (χ3n) is 11.3. The molecule has 0 bridgehead atoms. The van der Waals surface area contributed by atoms with Crippen LogP contribution in [0.1, 0.15) is 101 Å². The maximum atomic E-state index is 14.5. The number of fused-ring (bicyclic) bond motifs is 1. The van der Waals surface area contributed by atoms with Crippen molar-refractivity contribution in [1.82, 2.24) is 31.1 Å². The fourth-order valence-corrected chi connectivity index (χ4v) is 7.68. The van der Waals surface area contributed by atoms with Gasteiger partial charge in [-0.25, -0.2) is 4.79 Å². The molecule has 0 aromatic rings. The number of urea groups is 1. The molecule has 4 rings (SSSR count). The van der Waals surface area contributed by atoms with Gasteiger partial charge in [0.2, 0.25) is 29.4 Å². The zero-order valence-electron chi connectivity index (χ0n) is 32.2. The molecule has 0 aromatic heterocycles. The van der Waals surface area contributed by atoms with E-state index in [4.69, 9.17) is 0 Å².